The molecule has 23 heavy (non-hydrogen) atoms. The fraction of sp³-hybridized carbons (Fsp3) is 0.529. The Balaban J connectivity index is 1.74. The lowest BCUT2D eigenvalue weighted by Crippen LogP contribution is -2.25. The zero-order valence-electron chi connectivity index (χ0n) is 13.9. The van der Waals surface area contributed by atoms with Crippen molar-refractivity contribution in [3.63, 3.8) is 0 Å². The fourth-order valence-corrected chi connectivity index (χ4v) is 5.19. The average molecular weight is 350 g/mol. The molecular weight excluding hydrogens is 326 g/mol. The number of aromatic nitrogens is 1. The smallest absolute Gasteiger partial charge is 0.267 e. The van der Waals surface area contributed by atoms with Gasteiger partial charge >= 0.3 is 0 Å². The number of rotatable bonds is 5. The lowest BCUT2D eigenvalue weighted by Gasteiger charge is -2.20. The van der Waals surface area contributed by atoms with E-state index in [0.717, 1.165) is 54.5 Å². The summed E-state index contributed by atoms with van der Waals surface area (Å²) in [5.41, 5.74) is 2.46. The van der Waals surface area contributed by atoms with Crippen LogP contribution in [0, 0.1) is 0 Å². The Labute approximate surface area is 145 Å². The highest BCUT2D eigenvalue weighted by atomic mass is 32.1. The molecule has 124 valence electrons. The predicted molar refractivity (Wildman–Crippen MR) is 97.8 cm³/mol. The van der Waals surface area contributed by atoms with Crippen LogP contribution in [-0.4, -0.2) is 29.4 Å². The van der Waals surface area contributed by atoms with Crippen molar-refractivity contribution in [2.45, 2.75) is 46.1 Å². The molecular formula is C17H23N3OS2. The van der Waals surface area contributed by atoms with E-state index in [2.05, 4.69) is 36.1 Å². The maximum Gasteiger partial charge on any atom is 0.267 e. The molecule has 2 aromatic rings. The van der Waals surface area contributed by atoms with Crippen LogP contribution >= 0.6 is 22.7 Å². The maximum absolute atomic E-state index is 12.5. The van der Waals surface area contributed by atoms with Crippen molar-refractivity contribution >= 4 is 33.7 Å². The molecule has 0 unspecified atom stereocenters. The van der Waals surface area contributed by atoms with E-state index in [9.17, 15) is 4.79 Å². The highest BCUT2D eigenvalue weighted by Gasteiger charge is 2.20. The number of thiophene rings is 1. The van der Waals surface area contributed by atoms with Crippen LogP contribution in [0.15, 0.2) is 6.07 Å². The Morgan fingerprint density at radius 1 is 1.39 bits per heavy atom. The number of nitrogens with zero attached hydrogens (tertiary/aromatic N) is 2. The first-order valence-electron chi connectivity index (χ1n) is 8.20. The fourth-order valence-electron chi connectivity index (χ4n) is 2.85. The second-order valence-corrected chi connectivity index (χ2v) is 8.21. The minimum atomic E-state index is -0.0218. The number of fused-ring (bicyclic) bond motifs is 1. The van der Waals surface area contributed by atoms with E-state index in [4.69, 9.17) is 0 Å². The molecule has 3 heterocycles. The Morgan fingerprint density at radius 2 is 2.22 bits per heavy atom. The van der Waals surface area contributed by atoms with Gasteiger partial charge in [0, 0.05) is 29.3 Å². The van der Waals surface area contributed by atoms with Crippen molar-refractivity contribution < 1.29 is 4.79 Å². The molecule has 0 aromatic carbocycles. The Kier molecular flexibility index (Phi) is 5.14. The van der Waals surface area contributed by atoms with E-state index >= 15 is 0 Å². The molecule has 1 aliphatic heterocycles. The lowest BCUT2D eigenvalue weighted by atomic mass is 10.1. The standard InChI is InChI=1S/C17H23N3OS2/c1-4-6-13-11(5-2)9-14(22-13)16(21)19-17-18-12-7-8-20(3)10-15(12)23-17/h9H,4-8,10H2,1-3H3,(H,18,19,21). The molecule has 6 heteroatoms. The molecule has 0 saturated carbocycles. The van der Waals surface area contributed by atoms with Gasteiger partial charge in [-0.15, -0.1) is 22.7 Å². The third-order valence-electron chi connectivity index (χ3n) is 4.12. The number of hydrogen-bond acceptors (Lipinski definition) is 5. The molecule has 1 aliphatic rings. The third-order valence-corrected chi connectivity index (χ3v) is 6.35. The van der Waals surface area contributed by atoms with Gasteiger partial charge in [0.1, 0.15) is 0 Å². The van der Waals surface area contributed by atoms with Gasteiger partial charge in [0.25, 0.3) is 5.91 Å². The number of thiazole rings is 1. The summed E-state index contributed by atoms with van der Waals surface area (Å²) in [4.78, 5) is 22.8. The zero-order valence-corrected chi connectivity index (χ0v) is 15.6. The van der Waals surface area contributed by atoms with Gasteiger partial charge in [-0.25, -0.2) is 4.98 Å². The van der Waals surface area contributed by atoms with Crippen LogP contribution in [0.2, 0.25) is 0 Å². The first kappa shape index (κ1) is 16.6. The molecule has 1 N–H and O–H groups in total. The summed E-state index contributed by atoms with van der Waals surface area (Å²) in [6.07, 6.45) is 4.12. The Bertz CT molecular complexity index is 705. The van der Waals surface area contributed by atoms with Gasteiger partial charge in [-0.2, -0.15) is 0 Å². The lowest BCUT2D eigenvalue weighted by molar-refractivity contribution is 0.103. The summed E-state index contributed by atoms with van der Waals surface area (Å²) >= 11 is 3.24. The molecule has 0 bridgehead atoms. The summed E-state index contributed by atoms with van der Waals surface area (Å²) in [5, 5.41) is 3.73. The van der Waals surface area contributed by atoms with Gasteiger partial charge in [0.2, 0.25) is 0 Å². The van der Waals surface area contributed by atoms with Crippen LogP contribution < -0.4 is 5.32 Å². The number of amides is 1. The van der Waals surface area contributed by atoms with Crippen molar-refractivity contribution in [3.8, 4) is 0 Å². The quantitative estimate of drug-likeness (QED) is 0.889. The first-order valence-corrected chi connectivity index (χ1v) is 9.84. The third kappa shape index (κ3) is 3.65. The number of carbonyl (C=O) groups excluding carboxylic acids is 1. The maximum atomic E-state index is 12.5. The van der Waals surface area contributed by atoms with Crippen LogP contribution in [0.25, 0.3) is 0 Å². The van der Waals surface area contributed by atoms with Crippen molar-refractivity contribution in [1.82, 2.24) is 9.88 Å². The minimum Gasteiger partial charge on any atom is -0.301 e. The predicted octanol–water partition coefficient (Wildman–Crippen LogP) is 3.96. The number of aryl methyl sites for hydroxylation is 2. The van der Waals surface area contributed by atoms with Crippen LogP contribution in [0.1, 0.15) is 51.0 Å². The van der Waals surface area contributed by atoms with Crippen molar-refractivity contribution in [2.75, 3.05) is 18.9 Å². The van der Waals surface area contributed by atoms with E-state index in [1.807, 2.05) is 6.07 Å². The van der Waals surface area contributed by atoms with Gasteiger partial charge < -0.3 is 4.90 Å². The molecule has 4 nitrogen and oxygen atoms in total. The second kappa shape index (κ2) is 7.11. The van der Waals surface area contributed by atoms with E-state index in [0.29, 0.717) is 0 Å². The summed E-state index contributed by atoms with van der Waals surface area (Å²) < 4.78 is 0. The van der Waals surface area contributed by atoms with Crippen LogP contribution in [-0.2, 0) is 25.8 Å². The van der Waals surface area contributed by atoms with E-state index in [1.165, 1.54) is 15.3 Å². The van der Waals surface area contributed by atoms with Crippen LogP contribution in [0.5, 0.6) is 0 Å². The molecule has 0 aliphatic carbocycles. The highest BCUT2D eigenvalue weighted by Crippen LogP contribution is 2.29. The molecule has 1 amide bonds. The van der Waals surface area contributed by atoms with E-state index in [-0.39, 0.29) is 5.91 Å². The SMILES string of the molecule is CCCc1sc(C(=O)Nc2nc3c(s2)CN(C)CC3)cc1CC. The summed E-state index contributed by atoms with van der Waals surface area (Å²) in [6.45, 7) is 6.29. The van der Waals surface area contributed by atoms with Crippen molar-refractivity contribution in [2.24, 2.45) is 0 Å². The van der Waals surface area contributed by atoms with Crippen molar-refractivity contribution in [1.29, 1.82) is 0 Å². The van der Waals surface area contributed by atoms with Crippen molar-refractivity contribution in [3.05, 3.63) is 32.0 Å². The molecule has 0 fully saturated rings. The number of anilines is 1. The summed E-state index contributed by atoms with van der Waals surface area (Å²) in [7, 11) is 2.12. The van der Waals surface area contributed by atoms with Gasteiger partial charge in [0.05, 0.1) is 10.6 Å². The van der Waals surface area contributed by atoms with Gasteiger partial charge in [0.15, 0.2) is 5.13 Å². The molecule has 0 spiro atoms. The topological polar surface area (TPSA) is 45.2 Å². The van der Waals surface area contributed by atoms with E-state index < -0.39 is 0 Å². The largest absolute Gasteiger partial charge is 0.301 e. The van der Waals surface area contributed by atoms with E-state index in [1.54, 1.807) is 22.7 Å². The Morgan fingerprint density at radius 3 is 2.96 bits per heavy atom. The Hall–Kier alpha value is -1.24. The highest BCUT2D eigenvalue weighted by molar-refractivity contribution is 7.16. The number of carbonyl (C=O) groups is 1. The van der Waals surface area contributed by atoms with Crippen LogP contribution in [0.3, 0.4) is 0 Å². The molecule has 0 radical (unpaired) electrons. The van der Waals surface area contributed by atoms with Gasteiger partial charge in [-0.05, 0) is 31.5 Å². The molecule has 3 rings (SSSR count). The monoisotopic (exact) mass is 349 g/mol. The number of hydrogen-bond donors (Lipinski definition) is 1. The minimum absolute atomic E-state index is 0.0218. The number of likely N-dealkylation sites (N-methyl/N-ethyl adjacent to an activating group) is 1. The normalized spacial score (nSPS) is 14.7. The van der Waals surface area contributed by atoms with Gasteiger partial charge in [-0.3, -0.25) is 10.1 Å². The molecule has 2 aromatic heterocycles. The van der Waals surface area contributed by atoms with Gasteiger partial charge in [-0.1, -0.05) is 20.3 Å². The number of nitrogens with one attached hydrogen (secondary N) is 1. The summed E-state index contributed by atoms with van der Waals surface area (Å²) in [5.74, 6) is -0.0218. The van der Waals surface area contributed by atoms with Crippen LogP contribution in [0.4, 0.5) is 5.13 Å². The second-order valence-electron chi connectivity index (χ2n) is 5.99. The molecule has 0 saturated heterocycles. The molecule has 0 atom stereocenters. The summed E-state index contributed by atoms with van der Waals surface area (Å²) in [6, 6.07) is 2.05. The average Bonchev–Trinajstić information content (AvgIpc) is 3.10. The first-order chi connectivity index (χ1) is 11.1. The zero-order chi connectivity index (χ0) is 16.4.